The van der Waals surface area contributed by atoms with E-state index in [1.54, 1.807) is 0 Å². The summed E-state index contributed by atoms with van der Waals surface area (Å²) in [6.45, 7) is 2.26. The third kappa shape index (κ3) is 5.44. The average Bonchev–Trinajstić information content (AvgIpc) is 3.03. The van der Waals surface area contributed by atoms with E-state index in [1.807, 2.05) is 0 Å². The monoisotopic (exact) mass is 380 g/mol. The maximum atomic E-state index is 13.8. The van der Waals surface area contributed by atoms with Gasteiger partial charge in [-0.2, -0.15) is 9.38 Å². The van der Waals surface area contributed by atoms with Gasteiger partial charge in [-0.25, -0.2) is 4.79 Å². The largest absolute Gasteiger partial charge is 0.462 e. The van der Waals surface area contributed by atoms with Gasteiger partial charge >= 0.3 is 5.97 Å². The highest BCUT2D eigenvalue weighted by Gasteiger charge is 2.25. The average molecular weight is 381 g/mol. The topological polar surface area (TPSA) is 83.1 Å². The number of halogens is 3. The summed E-state index contributed by atoms with van der Waals surface area (Å²) < 4.78 is 29.6. The van der Waals surface area contributed by atoms with Gasteiger partial charge in [0.1, 0.15) is 11.6 Å². The fraction of sp³-hybridized carbons (Fsp3) is 0.600. The zero-order chi connectivity index (χ0) is 17.7. The quantitative estimate of drug-likeness (QED) is 0.598. The van der Waals surface area contributed by atoms with Gasteiger partial charge in [0.05, 0.1) is 11.1 Å². The molecule has 2 rings (SSSR count). The number of aliphatic imine (C=N–C) groups is 1. The number of carbonyl (C=O) groups is 1. The van der Waals surface area contributed by atoms with E-state index in [1.165, 1.54) is 13.0 Å². The van der Waals surface area contributed by atoms with Crippen LogP contribution in [0.25, 0.3) is 0 Å². The van der Waals surface area contributed by atoms with Gasteiger partial charge in [0.2, 0.25) is 11.8 Å². The zero-order valence-electron chi connectivity index (χ0n) is 13.1. The van der Waals surface area contributed by atoms with E-state index in [-0.39, 0.29) is 35.1 Å². The molecule has 0 amide bonds. The summed E-state index contributed by atoms with van der Waals surface area (Å²) in [5.74, 6) is -1.85. The van der Waals surface area contributed by atoms with Gasteiger partial charge < -0.3 is 19.9 Å². The number of esters is 1. The molecular weight excluding hydrogens is 362 g/mol. The third-order valence-corrected chi connectivity index (χ3v) is 4.06. The first-order valence-corrected chi connectivity index (χ1v) is 8.33. The fourth-order valence-corrected chi connectivity index (χ4v) is 2.65. The van der Waals surface area contributed by atoms with Gasteiger partial charge in [0, 0.05) is 19.1 Å². The highest BCUT2D eigenvalue weighted by molar-refractivity contribution is 6.42. The molecule has 0 aromatic rings. The molecule has 0 aromatic heterocycles. The van der Waals surface area contributed by atoms with Gasteiger partial charge in [-0.15, -0.1) is 0 Å². The molecule has 2 heterocycles. The van der Waals surface area contributed by atoms with Crippen LogP contribution in [0.2, 0.25) is 0 Å². The van der Waals surface area contributed by atoms with E-state index in [0.29, 0.717) is 6.61 Å². The van der Waals surface area contributed by atoms with Gasteiger partial charge in [-0.3, -0.25) is 0 Å². The normalized spacial score (nSPS) is 29.2. The first-order valence-electron chi connectivity index (χ1n) is 7.57. The molecule has 0 aromatic carbocycles. The molecule has 2 aliphatic rings. The number of carbonyl (C=O) groups excluding carboxylic acids is 1. The summed E-state index contributed by atoms with van der Waals surface area (Å²) in [7, 11) is 0. The van der Waals surface area contributed by atoms with E-state index >= 15 is 0 Å². The molecule has 134 valence electrons. The first-order chi connectivity index (χ1) is 11.4. The molecule has 1 fully saturated rings. The van der Waals surface area contributed by atoms with Gasteiger partial charge in [-0.05, 0) is 25.8 Å². The van der Waals surface area contributed by atoms with Crippen molar-refractivity contribution in [1.82, 2.24) is 0 Å². The Morgan fingerprint density at radius 3 is 3.00 bits per heavy atom. The minimum absolute atomic E-state index is 0.000549. The Bertz CT molecular complexity index is 574. The number of nitrogens with zero attached hydrogens (tertiary/aromatic N) is 1. The standard InChI is InChI=1S/C15H19Cl2FN2O4/c1-8(15(21)23-7-10-3-2-4-22-10)24-14-12(17)6-9(19)5-11(16)13(18)20-14/h6,8-10H,2-5,7,19H2,1H3/b12-6?,13-11+,20-14?/t8-,9?,10?/m1/s1. The number of rotatable bonds is 4. The Labute approximate surface area is 149 Å². The lowest BCUT2D eigenvalue weighted by Gasteiger charge is -2.18. The van der Waals surface area contributed by atoms with Crippen molar-refractivity contribution in [2.24, 2.45) is 10.7 Å². The highest BCUT2D eigenvalue weighted by Crippen LogP contribution is 2.24. The fourth-order valence-electron chi connectivity index (χ4n) is 2.18. The van der Waals surface area contributed by atoms with Crippen molar-refractivity contribution in [3.05, 3.63) is 22.1 Å². The second kappa shape index (κ2) is 8.80. The van der Waals surface area contributed by atoms with Crippen LogP contribution in [0.1, 0.15) is 26.2 Å². The van der Waals surface area contributed by atoms with E-state index in [9.17, 15) is 9.18 Å². The summed E-state index contributed by atoms with van der Waals surface area (Å²) in [5.41, 5.74) is 5.76. The maximum Gasteiger partial charge on any atom is 0.347 e. The summed E-state index contributed by atoms with van der Waals surface area (Å²) in [4.78, 5) is 15.5. The summed E-state index contributed by atoms with van der Waals surface area (Å²) in [6.07, 6.45) is 2.16. The van der Waals surface area contributed by atoms with Gasteiger partial charge in [-0.1, -0.05) is 23.2 Å². The summed E-state index contributed by atoms with van der Waals surface area (Å²) in [5, 5.41) is -0.141. The molecule has 2 aliphatic heterocycles. The van der Waals surface area contributed by atoms with Crippen molar-refractivity contribution in [3.63, 3.8) is 0 Å². The minimum atomic E-state index is -1.03. The first kappa shape index (κ1) is 19.2. The SMILES string of the molecule is C[C@@H](OC1=N/C(F)=C(/Cl)CC(N)C=C1Cl)C(=O)OCC1CCCO1. The lowest BCUT2D eigenvalue weighted by molar-refractivity contribution is -0.154. The van der Waals surface area contributed by atoms with Crippen LogP contribution < -0.4 is 5.73 Å². The predicted octanol–water partition coefficient (Wildman–Crippen LogP) is 2.74. The molecule has 0 spiro atoms. The van der Waals surface area contributed by atoms with E-state index < -0.39 is 24.1 Å². The van der Waals surface area contributed by atoms with Crippen molar-refractivity contribution < 1.29 is 23.4 Å². The maximum absolute atomic E-state index is 13.8. The van der Waals surface area contributed by atoms with Crippen molar-refractivity contribution in [2.75, 3.05) is 13.2 Å². The van der Waals surface area contributed by atoms with Crippen LogP contribution in [0.5, 0.6) is 0 Å². The second-order valence-electron chi connectivity index (χ2n) is 5.52. The molecular formula is C15H19Cl2FN2O4. The van der Waals surface area contributed by atoms with Crippen LogP contribution in [0.15, 0.2) is 27.1 Å². The molecule has 3 atom stereocenters. The van der Waals surface area contributed by atoms with Crippen LogP contribution in [-0.4, -0.2) is 43.3 Å². The van der Waals surface area contributed by atoms with Crippen molar-refractivity contribution in [3.8, 4) is 0 Å². The van der Waals surface area contributed by atoms with Crippen LogP contribution in [0.4, 0.5) is 4.39 Å². The minimum Gasteiger partial charge on any atom is -0.462 e. The molecule has 2 unspecified atom stereocenters. The second-order valence-corrected chi connectivity index (χ2v) is 6.38. The van der Waals surface area contributed by atoms with Crippen LogP contribution in [0, 0.1) is 0 Å². The van der Waals surface area contributed by atoms with Crippen LogP contribution in [0.3, 0.4) is 0 Å². The smallest absolute Gasteiger partial charge is 0.347 e. The van der Waals surface area contributed by atoms with E-state index in [4.69, 9.17) is 43.1 Å². The van der Waals surface area contributed by atoms with Crippen molar-refractivity contribution in [2.45, 2.75) is 44.4 Å². The molecule has 0 bridgehead atoms. The molecule has 9 heteroatoms. The Balaban J connectivity index is 1.99. The van der Waals surface area contributed by atoms with Gasteiger partial charge in [0.25, 0.3) is 0 Å². The Morgan fingerprint density at radius 2 is 2.33 bits per heavy atom. The number of hydrogen-bond acceptors (Lipinski definition) is 6. The Morgan fingerprint density at radius 1 is 1.58 bits per heavy atom. The molecule has 0 aliphatic carbocycles. The highest BCUT2D eigenvalue weighted by atomic mass is 35.5. The van der Waals surface area contributed by atoms with Crippen molar-refractivity contribution in [1.29, 1.82) is 0 Å². The molecule has 24 heavy (non-hydrogen) atoms. The van der Waals surface area contributed by atoms with E-state index in [0.717, 1.165) is 12.8 Å². The molecule has 6 nitrogen and oxygen atoms in total. The lowest BCUT2D eigenvalue weighted by atomic mass is 10.2. The predicted molar refractivity (Wildman–Crippen MR) is 88.4 cm³/mol. The number of nitrogens with two attached hydrogens (primary N) is 1. The molecule has 0 saturated carbocycles. The van der Waals surface area contributed by atoms with Crippen LogP contribution >= 0.6 is 23.2 Å². The molecule has 1 saturated heterocycles. The van der Waals surface area contributed by atoms with E-state index in [2.05, 4.69) is 4.99 Å². The Kier molecular flexibility index (Phi) is 7.03. The lowest BCUT2D eigenvalue weighted by Crippen LogP contribution is -2.30. The molecule has 0 radical (unpaired) electrons. The van der Waals surface area contributed by atoms with Crippen LogP contribution in [-0.2, 0) is 19.0 Å². The zero-order valence-corrected chi connectivity index (χ0v) is 14.6. The molecule has 2 N–H and O–H groups in total. The summed E-state index contributed by atoms with van der Waals surface area (Å²) in [6, 6.07) is -0.591. The number of ether oxygens (including phenoxy) is 3. The van der Waals surface area contributed by atoms with Crippen molar-refractivity contribution >= 4 is 35.1 Å². The summed E-state index contributed by atoms with van der Waals surface area (Å²) >= 11 is 11.8. The van der Waals surface area contributed by atoms with Gasteiger partial charge in [0.15, 0.2) is 6.10 Å². The Hall–Kier alpha value is -1.15. The number of hydrogen-bond donors (Lipinski definition) is 1. The third-order valence-electron chi connectivity index (χ3n) is 3.46.